The minimum atomic E-state index is 0.0470. The van der Waals surface area contributed by atoms with E-state index in [9.17, 15) is 4.79 Å². The molecule has 0 aliphatic carbocycles. The van der Waals surface area contributed by atoms with E-state index in [1.807, 2.05) is 25.1 Å². The third-order valence-electron chi connectivity index (χ3n) is 4.30. The molecule has 1 amide bonds. The Labute approximate surface area is 131 Å². The van der Waals surface area contributed by atoms with Gasteiger partial charge in [-0.2, -0.15) is 0 Å². The van der Waals surface area contributed by atoms with Crippen molar-refractivity contribution < 1.29 is 9.53 Å². The van der Waals surface area contributed by atoms with E-state index >= 15 is 0 Å². The number of ether oxygens (including phenoxy) is 1. The van der Waals surface area contributed by atoms with Gasteiger partial charge in [-0.15, -0.1) is 0 Å². The van der Waals surface area contributed by atoms with Gasteiger partial charge in [-0.3, -0.25) is 4.79 Å². The first-order chi connectivity index (χ1) is 10.6. The summed E-state index contributed by atoms with van der Waals surface area (Å²) in [6.45, 7) is 6.78. The number of hydrogen-bond acceptors (Lipinski definition) is 2. The maximum Gasteiger partial charge on any atom is 0.225 e. The molecule has 0 bridgehead atoms. The van der Waals surface area contributed by atoms with Crippen LogP contribution in [0.5, 0.6) is 5.75 Å². The Bertz CT molecular complexity index is 721. The fourth-order valence-electron chi connectivity index (χ4n) is 3.06. The number of benzene rings is 2. The summed E-state index contributed by atoms with van der Waals surface area (Å²) in [7, 11) is 0. The second-order valence-electron chi connectivity index (χ2n) is 5.80. The number of fused-ring (bicyclic) bond motifs is 1. The van der Waals surface area contributed by atoms with Gasteiger partial charge in [-0.05, 0) is 49.6 Å². The van der Waals surface area contributed by atoms with Crippen molar-refractivity contribution in [3.05, 3.63) is 58.7 Å². The SMILES string of the molecule is CCOc1ccccc1[C@H]1CC(=O)Nc2cc(C)c(C)cc21. The second-order valence-corrected chi connectivity index (χ2v) is 5.80. The van der Waals surface area contributed by atoms with E-state index in [2.05, 4.69) is 37.4 Å². The largest absolute Gasteiger partial charge is 0.494 e. The summed E-state index contributed by atoms with van der Waals surface area (Å²) >= 11 is 0. The third kappa shape index (κ3) is 2.59. The molecule has 2 aromatic carbocycles. The van der Waals surface area contributed by atoms with Crippen molar-refractivity contribution in [3.8, 4) is 5.75 Å². The average molecular weight is 295 g/mol. The summed E-state index contributed by atoms with van der Waals surface area (Å²) in [5.41, 5.74) is 5.63. The predicted molar refractivity (Wildman–Crippen MR) is 88.6 cm³/mol. The Morgan fingerprint density at radius 2 is 1.86 bits per heavy atom. The van der Waals surface area contributed by atoms with Crippen LogP contribution < -0.4 is 10.1 Å². The van der Waals surface area contributed by atoms with E-state index < -0.39 is 0 Å². The van der Waals surface area contributed by atoms with Crippen LogP contribution in [-0.2, 0) is 4.79 Å². The molecule has 1 aliphatic rings. The van der Waals surface area contributed by atoms with E-state index in [1.165, 1.54) is 16.7 Å². The summed E-state index contributed by atoms with van der Waals surface area (Å²) < 4.78 is 5.76. The van der Waals surface area contributed by atoms with Crippen LogP contribution in [0.25, 0.3) is 0 Å². The molecule has 1 atom stereocenters. The molecule has 1 heterocycles. The first-order valence-electron chi connectivity index (χ1n) is 7.73. The van der Waals surface area contributed by atoms with Gasteiger partial charge in [0.05, 0.1) is 6.61 Å². The molecule has 0 aromatic heterocycles. The van der Waals surface area contributed by atoms with Crippen molar-refractivity contribution in [3.63, 3.8) is 0 Å². The molecule has 0 saturated carbocycles. The lowest BCUT2D eigenvalue weighted by molar-refractivity contribution is -0.116. The summed E-state index contributed by atoms with van der Waals surface area (Å²) in [4.78, 5) is 12.1. The van der Waals surface area contributed by atoms with Crippen LogP contribution in [0, 0.1) is 13.8 Å². The van der Waals surface area contributed by atoms with Gasteiger partial charge in [0.15, 0.2) is 0 Å². The van der Waals surface area contributed by atoms with E-state index in [0.29, 0.717) is 13.0 Å². The number of para-hydroxylation sites is 1. The third-order valence-corrected chi connectivity index (χ3v) is 4.30. The molecule has 0 unspecified atom stereocenters. The summed E-state index contributed by atoms with van der Waals surface area (Å²) in [5, 5.41) is 3.00. The number of nitrogens with one attached hydrogen (secondary N) is 1. The normalized spacial score (nSPS) is 16.9. The van der Waals surface area contributed by atoms with E-state index in [-0.39, 0.29) is 11.8 Å². The number of hydrogen-bond donors (Lipinski definition) is 1. The Morgan fingerprint density at radius 1 is 1.14 bits per heavy atom. The summed E-state index contributed by atoms with van der Waals surface area (Å²) in [6.07, 6.45) is 0.458. The van der Waals surface area contributed by atoms with Crippen molar-refractivity contribution in [2.45, 2.75) is 33.1 Å². The van der Waals surface area contributed by atoms with Crippen molar-refractivity contribution in [2.75, 3.05) is 11.9 Å². The highest BCUT2D eigenvalue weighted by Crippen LogP contribution is 2.41. The van der Waals surface area contributed by atoms with Gasteiger partial charge in [0, 0.05) is 23.6 Å². The van der Waals surface area contributed by atoms with Crippen LogP contribution in [-0.4, -0.2) is 12.5 Å². The van der Waals surface area contributed by atoms with Crippen LogP contribution in [0.4, 0.5) is 5.69 Å². The van der Waals surface area contributed by atoms with Crippen molar-refractivity contribution >= 4 is 11.6 Å². The molecule has 22 heavy (non-hydrogen) atoms. The lowest BCUT2D eigenvalue weighted by Gasteiger charge is -2.28. The average Bonchev–Trinajstić information content (AvgIpc) is 2.49. The highest BCUT2D eigenvalue weighted by molar-refractivity contribution is 5.95. The molecular weight excluding hydrogens is 274 g/mol. The summed E-state index contributed by atoms with van der Waals surface area (Å²) in [5.74, 6) is 0.978. The lowest BCUT2D eigenvalue weighted by atomic mass is 9.83. The van der Waals surface area contributed by atoms with Crippen molar-refractivity contribution in [2.24, 2.45) is 0 Å². The first-order valence-corrected chi connectivity index (χ1v) is 7.73. The Hall–Kier alpha value is -2.29. The van der Waals surface area contributed by atoms with Crippen molar-refractivity contribution in [1.82, 2.24) is 0 Å². The lowest BCUT2D eigenvalue weighted by Crippen LogP contribution is -2.24. The number of anilines is 1. The highest BCUT2D eigenvalue weighted by Gasteiger charge is 2.28. The van der Waals surface area contributed by atoms with Gasteiger partial charge in [-0.1, -0.05) is 24.3 Å². The predicted octanol–water partition coefficient (Wildman–Crippen LogP) is 4.18. The molecule has 3 heteroatoms. The maximum absolute atomic E-state index is 12.1. The fraction of sp³-hybridized carbons (Fsp3) is 0.316. The minimum Gasteiger partial charge on any atom is -0.494 e. The van der Waals surface area contributed by atoms with E-state index in [0.717, 1.165) is 17.0 Å². The molecule has 0 radical (unpaired) electrons. The Morgan fingerprint density at radius 3 is 2.64 bits per heavy atom. The fourth-order valence-corrected chi connectivity index (χ4v) is 3.06. The van der Waals surface area contributed by atoms with E-state index in [1.54, 1.807) is 0 Å². The van der Waals surface area contributed by atoms with Crippen LogP contribution in [0.3, 0.4) is 0 Å². The van der Waals surface area contributed by atoms with Gasteiger partial charge >= 0.3 is 0 Å². The van der Waals surface area contributed by atoms with Crippen LogP contribution in [0.2, 0.25) is 0 Å². The van der Waals surface area contributed by atoms with Gasteiger partial charge in [0.1, 0.15) is 5.75 Å². The Kier molecular flexibility index (Phi) is 3.88. The molecule has 0 saturated heterocycles. The Balaban J connectivity index is 2.13. The molecule has 3 rings (SSSR count). The molecule has 1 aliphatic heterocycles. The number of carbonyl (C=O) groups excluding carboxylic acids is 1. The number of rotatable bonds is 3. The zero-order valence-electron chi connectivity index (χ0n) is 13.3. The van der Waals surface area contributed by atoms with Crippen LogP contribution >= 0.6 is 0 Å². The van der Waals surface area contributed by atoms with Gasteiger partial charge < -0.3 is 10.1 Å². The zero-order chi connectivity index (χ0) is 15.7. The number of carbonyl (C=O) groups is 1. The number of aryl methyl sites for hydroxylation is 2. The molecule has 0 spiro atoms. The smallest absolute Gasteiger partial charge is 0.225 e. The van der Waals surface area contributed by atoms with Crippen LogP contribution in [0.1, 0.15) is 41.5 Å². The standard InChI is InChI=1S/C19H21NO2/c1-4-22-18-8-6-5-7-14(18)15-11-19(21)20-17-10-13(3)12(2)9-16(15)17/h5-10,15H,4,11H2,1-3H3,(H,20,21)/t15-/m1/s1. The topological polar surface area (TPSA) is 38.3 Å². The van der Waals surface area contributed by atoms with Gasteiger partial charge in [-0.25, -0.2) is 0 Å². The van der Waals surface area contributed by atoms with E-state index in [4.69, 9.17) is 4.74 Å². The maximum atomic E-state index is 12.1. The zero-order valence-corrected chi connectivity index (χ0v) is 13.3. The molecule has 1 N–H and O–H groups in total. The molecule has 2 aromatic rings. The minimum absolute atomic E-state index is 0.0470. The second kappa shape index (κ2) is 5.84. The van der Waals surface area contributed by atoms with Gasteiger partial charge in [0.25, 0.3) is 0 Å². The quantitative estimate of drug-likeness (QED) is 0.922. The van der Waals surface area contributed by atoms with Gasteiger partial charge in [0.2, 0.25) is 5.91 Å². The molecular formula is C19H21NO2. The number of amides is 1. The first kappa shape index (κ1) is 14.6. The molecule has 0 fully saturated rings. The highest BCUT2D eigenvalue weighted by atomic mass is 16.5. The molecule has 114 valence electrons. The monoisotopic (exact) mass is 295 g/mol. The summed E-state index contributed by atoms with van der Waals surface area (Å²) in [6, 6.07) is 12.3. The van der Waals surface area contributed by atoms with Crippen LogP contribution in [0.15, 0.2) is 36.4 Å². The van der Waals surface area contributed by atoms with Crippen molar-refractivity contribution in [1.29, 1.82) is 0 Å². The molecule has 3 nitrogen and oxygen atoms in total.